The first-order valence-electron chi connectivity index (χ1n) is 6.58. The molecule has 0 aliphatic heterocycles. The molecule has 0 atom stereocenters. The minimum Gasteiger partial charge on any atom is -0.478 e. The van der Waals surface area contributed by atoms with Crippen molar-refractivity contribution in [3.8, 4) is 0 Å². The molecule has 0 aromatic heterocycles. The van der Waals surface area contributed by atoms with Crippen LogP contribution in [0.4, 0.5) is 14.5 Å². The Balaban J connectivity index is 2.18. The lowest BCUT2D eigenvalue weighted by molar-refractivity contribution is -0.131. The molecule has 0 radical (unpaired) electrons. The number of rotatable bonds is 5. The highest BCUT2D eigenvalue weighted by atomic mass is 19.1. The third-order valence-corrected chi connectivity index (χ3v) is 3.60. The van der Waals surface area contributed by atoms with E-state index in [0.717, 1.165) is 31.1 Å². The average molecular weight is 281 g/mol. The first kappa shape index (κ1) is 14.5. The summed E-state index contributed by atoms with van der Waals surface area (Å²) in [5.41, 5.74) is 0.146. The summed E-state index contributed by atoms with van der Waals surface area (Å²) in [5, 5.41) is 8.51. The van der Waals surface area contributed by atoms with E-state index in [1.165, 1.54) is 12.5 Å². The van der Waals surface area contributed by atoms with Crippen LogP contribution in [0.25, 0.3) is 6.08 Å². The van der Waals surface area contributed by atoms with Gasteiger partial charge in [-0.1, -0.05) is 6.42 Å². The Morgan fingerprint density at radius 1 is 1.40 bits per heavy atom. The molecule has 5 heteroatoms. The van der Waals surface area contributed by atoms with Crippen LogP contribution < -0.4 is 4.90 Å². The second-order valence-corrected chi connectivity index (χ2v) is 5.18. The summed E-state index contributed by atoms with van der Waals surface area (Å²) in [6.07, 6.45) is 5.42. The predicted octanol–water partition coefficient (Wildman–Crippen LogP) is 3.30. The fraction of sp³-hybridized carbons (Fsp3) is 0.400. The molecule has 2 rings (SSSR count). The van der Waals surface area contributed by atoms with Crippen molar-refractivity contribution in [3.63, 3.8) is 0 Å². The number of hydrogen-bond donors (Lipinski definition) is 1. The smallest absolute Gasteiger partial charge is 0.328 e. The molecular weight excluding hydrogens is 264 g/mol. The van der Waals surface area contributed by atoms with Crippen molar-refractivity contribution in [2.45, 2.75) is 19.3 Å². The molecule has 1 aliphatic rings. The SMILES string of the molecule is CN(CC1CCC1)c1c(F)cc(C=CC(=O)O)cc1F. The minimum absolute atomic E-state index is 0.0515. The number of nitrogens with zero attached hydrogens (tertiary/aromatic N) is 1. The van der Waals surface area contributed by atoms with Crippen LogP contribution in [0.3, 0.4) is 0 Å². The highest BCUT2D eigenvalue weighted by Crippen LogP contribution is 2.31. The Hall–Kier alpha value is -1.91. The average Bonchev–Trinajstić information content (AvgIpc) is 2.30. The molecule has 1 aromatic rings. The van der Waals surface area contributed by atoms with Crippen molar-refractivity contribution in [1.82, 2.24) is 0 Å². The maximum Gasteiger partial charge on any atom is 0.328 e. The first-order valence-corrected chi connectivity index (χ1v) is 6.58. The van der Waals surface area contributed by atoms with E-state index in [4.69, 9.17) is 5.11 Å². The predicted molar refractivity (Wildman–Crippen MR) is 73.6 cm³/mol. The van der Waals surface area contributed by atoms with E-state index in [-0.39, 0.29) is 11.3 Å². The van der Waals surface area contributed by atoms with Gasteiger partial charge >= 0.3 is 5.97 Å². The largest absolute Gasteiger partial charge is 0.478 e. The van der Waals surface area contributed by atoms with Crippen LogP contribution >= 0.6 is 0 Å². The second kappa shape index (κ2) is 6.03. The van der Waals surface area contributed by atoms with Crippen LogP contribution in [0.2, 0.25) is 0 Å². The molecule has 1 aromatic carbocycles. The second-order valence-electron chi connectivity index (χ2n) is 5.18. The van der Waals surface area contributed by atoms with E-state index < -0.39 is 17.6 Å². The molecule has 1 N–H and O–H groups in total. The van der Waals surface area contributed by atoms with E-state index >= 15 is 0 Å². The molecule has 20 heavy (non-hydrogen) atoms. The summed E-state index contributed by atoms with van der Waals surface area (Å²) >= 11 is 0. The molecule has 1 aliphatic carbocycles. The van der Waals surface area contributed by atoms with E-state index in [1.54, 1.807) is 11.9 Å². The first-order chi connectivity index (χ1) is 9.47. The van der Waals surface area contributed by atoms with Gasteiger partial charge in [0.2, 0.25) is 0 Å². The summed E-state index contributed by atoms with van der Waals surface area (Å²) < 4.78 is 28.0. The number of carboxylic acid groups (broad SMARTS) is 1. The van der Waals surface area contributed by atoms with Crippen LogP contribution in [0, 0.1) is 17.6 Å². The van der Waals surface area contributed by atoms with Gasteiger partial charge in [-0.3, -0.25) is 0 Å². The van der Waals surface area contributed by atoms with Crippen LogP contribution in [-0.2, 0) is 4.79 Å². The maximum atomic E-state index is 14.0. The number of anilines is 1. The van der Waals surface area contributed by atoms with Gasteiger partial charge in [0.05, 0.1) is 0 Å². The van der Waals surface area contributed by atoms with Gasteiger partial charge in [-0.25, -0.2) is 13.6 Å². The maximum absolute atomic E-state index is 14.0. The highest BCUT2D eigenvalue weighted by Gasteiger charge is 2.22. The quantitative estimate of drug-likeness (QED) is 0.842. The molecule has 0 saturated heterocycles. The monoisotopic (exact) mass is 281 g/mol. The highest BCUT2D eigenvalue weighted by molar-refractivity contribution is 5.85. The van der Waals surface area contributed by atoms with Crippen molar-refractivity contribution in [3.05, 3.63) is 35.4 Å². The Morgan fingerprint density at radius 3 is 2.45 bits per heavy atom. The van der Waals surface area contributed by atoms with Crippen molar-refractivity contribution in [1.29, 1.82) is 0 Å². The lowest BCUT2D eigenvalue weighted by Gasteiger charge is -2.31. The van der Waals surface area contributed by atoms with Gasteiger partial charge in [0.1, 0.15) is 17.3 Å². The number of aliphatic carboxylic acids is 1. The van der Waals surface area contributed by atoms with Crippen molar-refractivity contribution < 1.29 is 18.7 Å². The minimum atomic E-state index is -1.16. The van der Waals surface area contributed by atoms with Crippen molar-refractivity contribution in [2.24, 2.45) is 5.92 Å². The molecule has 0 unspecified atom stereocenters. The summed E-state index contributed by atoms with van der Waals surface area (Å²) in [6, 6.07) is 2.30. The fourth-order valence-electron chi connectivity index (χ4n) is 2.37. The van der Waals surface area contributed by atoms with Gasteiger partial charge in [-0.05, 0) is 42.5 Å². The summed E-state index contributed by atoms with van der Waals surface area (Å²) in [4.78, 5) is 12.0. The van der Waals surface area contributed by atoms with Crippen molar-refractivity contribution >= 4 is 17.7 Å². The van der Waals surface area contributed by atoms with E-state index in [1.807, 2.05) is 0 Å². The van der Waals surface area contributed by atoms with Gasteiger partial charge in [0.25, 0.3) is 0 Å². The number of carboxylic acids is 1. The Kier molecular flexibility index (Phi) is 4.37. The molecule has 1 saturated carbocycles. The molecule has 1 fully saturated rings. The normalized spacial score (nSPS) is 15.3. The number of carbonyl (C=O) groups is 1. The molecule has 0 bridgehead atoms. The molecule has 3 nitrogen and oxygen atoms in total. The number of benzene rings is 1. The molecular formula is C15H17F2NO2. The van der Waals surface area contributed by atoms with E-state index in [2.05, 4.69) is 0 Å². The Labute approximate surface area is 116 Å². The number of hydrogen-bond acceptors (Lipinski definition) is 2. The summed E-state index contributed by atoms with van der Waals surface area (Å²) in [7, 11) is 1.67. The van der Waals surface area contributed by atoms with Gasteiger partial charge in [0, 0.05) is 19.7 Å². The van der Waals surface area contributed by atoms with E-state index in [0.29, 0.717) is 12.5 Å². The van der Waals surface area contributed by atoms with Crippen LogP contribution in [-0.4, -0.2) is 24.7 Å². The lowest BCUT2D eigenvalue weighted by atomic mass is 9.85. The lowest BCUT2D eigenvalue weighted by Crippen LogP contribution is -2.30. The van der Waals surface area contributed by atoms with Gasteiger partial charge in [-0.15, -0.1) is 0 Å². The zero-order chi connectivity index (χ0) is 14.7. The zero-order valence-corrected chi connectivity index (χ0v) is 11.3. The third-order valence-electron chi connectivity index (χ3n) is 3.60. The van der Waals surface area contributed by atoms with Gasteiger partial charge < -0.3 is 10.0 Å². The van der Waals surface area contributed by atoms with Gasteiger partial charge in [0.15, 0.2) is 0 Å². The Bertz CT molecular complexity index is 516. The van der Waals surface area contributed by atoms with Gasteiger partial charge in [-0.2, -0.15) is 0 Å². The third kappa shape index (κ3) is 3.35. The van der Waals surface area contributed by atoms with Crippen LogP contribution in [0.1, 0.15) is 24.8 Å². The standard InChI is InChI=1S/C15H17F2NO2/c1-18(9-10-3-2-4-10)15-12(16)7-11(8-13(15)17)5-6-14(19)20/h5-8,10H,2-4,9H2,1H3,(H,19,20). The Morgan fingerprint density at radius 2 is 2.00 bits per heavy atom. The van der Waals surface area contributed by atoms with Crippen LogP contribution in [0.15, 0.2) is 18.2 Å². The molecule has 108 valence electrons. The zero-order valence-electron chi connectivity index (χ0n) is 11.3. The molecule has 0 heterocycles. The van der Waals surface area contributed by atoms with Crippen LogP contribution in [0.5, 0.6) is 0 Å². The fourth-order valence-corrected chi connectivity index (χ4v) is 2.37. The topological polar surface area (TPSA) is 40.5 Å². The van der Waals surface area contributed by atoms with Crippen molar-refractivity contribution in [2.75, 3.05) is 18.5 Å². The van der Waals surface area contributed by atoms with E-state index in [9.17, 15) is 13.6 Å². The molecule has 0 amide bonds. The number of halogens is 2. The summed E-state index contributed by atoms with van der Waals surface area (Å²) in [6.45, 7) is 0.637. The molecule has 0 spiro atoms. The summed E-state index contributed by atoms with van der Waals surface area (Å²) in [5.74, 6) is -1.99.